The summed E-state index contributed by atoms with van der Waals surface area (Å²) in [6, 6.07) is 1.93. The largest absolute Gasteiger partial charge is 0.409 e. The monoisotopic (exact) mass is 284 g/mol. The molecule has 0 fully saturated rings. The van der Waals surface area contributed by atoms with Crippen LogP contribution in [-0.2, 0) is 0 Å². The molecule has 106 valence electrons. The number of aromatic nitrogens is 1. The number of nitrogens with zero attached hydrogens (tertiary/aromatic N) is 3. The van der Waals surface area contributed by atoms with Gasteiger partial charge in [-0.15, -0.1) is 0 Å². The normalized spacial score (nSPS) is 13.7. The van der Waals surface area contributed by atoms with E-state index in [9.17, 15) is 0 Å². The quantitative estimate of drug-likeness (QED) is 0.377. The highest BCUT2D eigenvalue weighted by Gasteiger charge is 2.18. The molecule has 0 aromatic carbocycles. The highest BCUT2D eigenvalue weighted by molar-refractivity contribution is 6.36. The van der Waals surface area contributed by atoms with E-state index in [-0.39, 0.29) is 5.84 Å². The van der Waals surface area contributed by atoms with Crippen molar-refractivity contribution >= 4 is 23.3 Å². The standard InChI is InChI=1S/C13H21ClN4O/c1-8(2)7-9(3)18(4)13-11(14)10(5-6-16-13)12(15)17-19/h5-6,8-9,19H,7H2,1-4H3,(H2,15,17). The molecule has 6 heteroatoms. The molecule has 0 aliphatic rings. The average molecular weight is 285 g/mol. The Bertz CT molecular complexity index is 462. The second kappa shape index (κ2) is 6.61. The van der Waals surface area contributed by atoms with Crippen molar-refractivity contribution < 1.29 is 5.21 Å². The maximum Gasteiger partial charge on any atom is 0.171 e. The number of hydrogen-bond donors (Lipinski definition) is 2. The van der Waals surface area contributed by atoms with Gasteiger partial charge in [0.2, 0.25) is 0 Å². The van der Waals surface area contributed by atoms with Crippen LogP contribution in [0.3, 0.4) is 0 Å². The predicted molar refractivity (Wildman–Crippen MR) is 79.1 cm³/mol. The van der Waals surface area contributed by atoms with Crippen molar-refractivity contribution in [3.05, 3.63) is 22.8 Å². The number of amidine groups is 1. The lowest BCUT2D eigenvalue weighted by atomic mass is 10.0. The summed E-state index contributed by atoms with van der Waals surface area (Å²) in [4.78, 5) is 6.30. The van der Waals surface area contributed by atoms with E-state index in [4.69, 9.17) is 22.5 Å². The van der Waals surface area contributed by atoms with Crippen LogP contribution < -0.4 is 10.6 Å². The number of hydrogen-bond acceptors (Lipinski definition) is 4. The van der Waals surface area contributed by atoms with E-state index in [1.807, 2.05) is 11.9 Å². The third-order valence-electron chi connectivity index (χ3n) is 3.06. The van der Waals surface area contributed by atoms with Crippen LogP contribution in [-0.4, -0.2) is 29.1 Å². The zero-order valence-corrected chi connectivity index (χ0v) is 12.5. The van der Waals surface area contributed by atoms with Crippen LogP contribution in [0.5, 0.6) is 0 Å². The van der Waals surface area contributed by atoms with E-state index in [1.165, 1.54) is 0 Å². The molecule has 1 aromatic rings. The van der Waals surface area contributed by atoms with Crippen LogP contribution in [0.25, 0.3) is 0 Å². The molecule has 1 unspecified atom stereocenters. The summed E-state index contributed by atoms with van der Waals surface area (Å²) in [5.74, 6) is 1.21. The summed E-state index contributed by atoms with van der Waals surface area (Å²) in [6.07, 6.45) is 2.63. The molecule has 5 nitrogen and oxygen atoms in total. The number of oxime groups is 1. The minimum absolute atomic E-state index is 0.0152. The summed E-state index contributed by atoms with van der Waals surface area (Å²) in [5, 5.41) is 12.1. The van der Waals surface area contributed by atoms with Gasteiger partial charge in [-0.1, -0.05) is 30.6 Å². The fraction of sp³-hybridized carbons (Fsp3) is 0.538. The molecule has 0 saturated carbocycles. The van der Waals surface area contributed by atoms with Crippen LogP contribution in [0.1, 0.15) is 32.8 Å². The van der Waals surface area contributed by atoms with E-state index < -0.39 is 0 Å². The van der Waals surface area contributed by atoms with Gasteiger partial charge < -0.3 is 15.8 Å². The fourth-order valence-electron chi connectivity index (χ4n) is 1.98. The molecule has 1 heterocycles. The maximum atomic E-state index is 8.74. The predicted octanol–water partition coefficient (Wildman–Crippen LogP) is 2.70. The second-order valence-electron chi connectivity index (χ2n) is 5.07. The summed E-state index contributed by atoms with van der Waals surface area (Å²) in [5.41, 5.74) is 6.07. The summed E-state index contributed by atoms with van der Waals surface area (Å²) in [6.45, 7) is 6.46. The van der Waals surface area contributed by atoms with Gasteiger partial charge in [-0.05, 0) is 25.3 Å². The molecule has 0 bridgehead atoms. The minimum atomic E-state index is -0.0152. The maximum absolute atomic E-state index is 8.74. The van der Waals surface area contributed by atoms with Gasteiger partial charge in [0.25, 0.3) is 0 Å². The lowest BCUT2D eigenvalue weighted by molar-refractivity contribution is 0.318. The Morgan fingerprint density at radius 2 is 2.16 bits per heavy atom. The smallest absolute Gasteiger partial charge is 0.171 e. The molecule has 1 rings (SSSR count). The SMILES string of the molecule is CC(C)CC(C)N(C)c1nccc(/C(N)=N/O)c1Cl. The zero-order valence-electron chi connectivity index (χ0n) is 11.8. The number of pyridine rings is 1. The van der Waals surface area contributed by atoms with Crippen molar-refractivity contribution in [2.75, 3.05) is 11.9 Å². The van der Waals surface area contributed by atoms with Crippen molar-refractivity contribution in [3.63, 3.8) is 0 Å². The Morgan fingerprint density at radius 1 is 1.53 bits per heavy atom. The third kappa shape index (κ3) is 3.73. The average Bonchev–Trinajstić information content (AvgIpc) is 2.36. The molecule has 0 saturated heterocycles. The molecule has 3 N–H and O–H groups in total. The van der Waals surface area contributed by atoms with Crippen LogP contribution in [0, 0.1) is 5.92 Å². The molecule has 0 aliphatic carbocycles. The van der Waals surface area contributed by atoms with Crippen LogP contribution in [0.15, 0.2) is 17.4 Å². The number of rotatable bonds is 5. The lowest BCUT2D eigenvalue weighted by Gasteiger charge is -2.28. The molecule has 1 atom stereocenters. The molecule has 0 amide bonds. The molecule has 0 aliphatic heterocycles. The number of nitrogens with two attached hydrogens (primary N) is 1. The van der Waals surface area contributed by atoms with Gasteiger partial charge in [0.15, 0.2) is 5.84 Å². The van der Waals surface area contributed by atoms with Crippen molar-refractivity contribution in [2.24, 2.45) is 16.8 Å². The summed E-state index contributed by atoms with van der Waals surface area (Å²) < 4.78 is 0. The summed E-state index contributed by atoms with van der Waals surface area (Å²) >= 11 is 6.28. The van der Waals surface area contributed by atoms with Crippen molar-refractivity contribution in [1.29, 1.82) is 0 Å². The van der Waals surface area contributed by atoms with E-state index in [0.717, 1.165) is 6.42 Å². The molecular weight excluding hydrogens is 264 g/mol. The Kier molecular flexibility index (Phi) is 5.42. The highest BCUT2D eigenvalue weighted by Crippen LogP contribution is 2.28. The first kappa shape index (κ1) is 15.6. The zero-order chi connectivity index (χ0) is 14.6. The Balaban J connectivity index is 3.07. The van der Waals surface area contributed by atoms with Gasteiger partial charge in [-0.2, -0.15) is 0 Å². The number of halogens is 1. The number of anilines is 1. The molecular formula is C13H21ClN4O. The van der Waals surface area contributed by atoms with Crippen molar-refractivity contribution in [2.45, 2.75) is 33.2 Å². The van der Waals surface area contributed by atoms with Gasteiger partial charge in [0, 0.05) is 24.8 Å². The fourth-order valence-corrected chi connectivity index (χ4v) is 2.32. The molecule has 0 radical (unpaired) electrons. The first-order valence-electron chi connectivity index (χ1n) is 6.23. The van der Waals surface area contributed by atoms with Gasteiger partial charge in [0.1, 0.15) is 5.82 Å². The van der Waals surface area contributed by atoms with E-state index in [1.54, 1.807) is 12.3 Å². The van der Waals surface area contributed by atoms with Crippen molar-refractivity contribution in [3.8, 4) is 0 Å². The van der Waals surface area contributed by atoms with Crippen LogP contribution >= 0.6 is 11.6 Å². The van der Waals surface area contributed by atoms with Gasteiger partial charge in [-0.3, -0.25) is 0 Å². The Morgan fingerprint density at radius 3 is 2.68 bits per heavy atom. The van der Waals surface area contributed by atoms with Gasteiger partial charge in [0.05, 0.1) is 5.02 Å². The van der Waals surface area contributed by atoms with Gasteiger partial charge >= 0.3 is 0 Å². The van der Waals surface area contributed by atoms with Crippen LogP contribution in [0.2, 0.25) is 5.02 Å². The topological polar surface area (TPSA) is 74.7 Å². The van der Waals surface area contributed by atoms with E-state index >= 15 is 0 Å². The van der Waals surface area contributed by atoms with Crippen LogP contribution in [0.4, 0.5) is 5.82 Å². The lowest BCUT2D eigenvalue weighted by Crippen LogP contribution is -2.31. The second-order valence-corrected chi connectivity index (χ2v) is 5.45. The van der Waals surface area contributed by atoms with Gasteiger partial charge in [-0.25, -0.2) is 4.98 Å². The minimum Gasteiger partial charge on any atom is -0.409 e. The molecule has 1 aromatic heterocycles. The first-order valence-corrected chi connectivity index (χ1v) is 6.61. The summed E-state index contributed by atoms with van der Waals surface area (Å²) in [7, 11) is 1.94. The highest BCUT2D eigenvalue weighted by atomic mass is 35.5. The van der Waals surface area contributed by atoms with Crippen molar-refractivity contribution in [1.82, 2.24) is 4.98 Å². The Labute approximate surface area is 119 Å². The van der Waals surface area contributed by atoms with E-state index in [2.05, 4.69) is 30.9 Å². The molecule has 19 heavy (non-hydrogen) atoms. The first-order chi connectivity index (χ1) is 8.88. The molecule has 0 spiro atoms. The Hall–Kier alpha value is -1.49. The third-order valence-corrected chi connectivity index (χ3v) is 3.43. The van der Waals surface area contributed by atoms with E-state index in [0.29, 0.717) is 28.4 Å².